The fourth-order valence-electron chi connectivity index (χ4n) is 2.61. The number of benzene rings is 1. The number of piperidine rings is 1. The molecule has 7 nitrogen and oxygen atoms in total. The predicted octanol–water partition coefficient (Wildman–Crippen LogP) is 0.561. The van der Waals surface area contributed by atoms with E-state index >= 15 is 0 Å². The first-order chi connectivity index (χ1) is 11.3. The minimum Gasteiger partial charge on any atom is -0.343 e. The number of rotatable bonds is 5. The molecular weight excluding hydrogens is 445 g/mol. The summed E-state index contributed by atoms with van der Waals surface area (Å²) in [6, 6.07) is 6.86. The number of nitrogens with zero attached hydrogens (tertiary/aromatic N) is 1. The van der Waals surface area contributed by atoms with Gasteiger partial charge in [0.25, 0.3) is 5.91 Å². The van der Waals surface area contributed by atoms with Crippen molar-refractivity contribution in [1.82, 2.24) is 14.9 Å². The second-order valence-electron chi connectivity index (χ2n) is 5.73. The normalized spacial score (nSPS) is 18.2. The highest BCUT2D eigenvalue weighted by Gasteiger charge is 2.25. The van der Waals surface area contributed by atoms with E-state index in [0.717, 1.165) is 16.2 Å². The van der Waals surface area contributed by atoms with Gasteiger partial charge in [0.2, 0.25) is 15.9 Å². The summed E-state index contributed by atoms with van der Waals surface area (Å²) in [6.45, 7) is 0.791. The van der Waals surface area contributed by atoms with Crippen LogP contribution in [0, 0.1) is 3.57 Å². The van der Waals surface area contributed by atoms with E-state index in [9.17, 15) is 18.0 Å². The molecule has 1 aliphatic rings. The van der Waals surface area contributed by atoms with E-state index in [2.05, 4.69) is 32.6 Å². The molecule has 1 unspecified atom stereocenters. The van der Waals surface area contributed by atoms with Crippen LogP contribution in [0.1, 0.15) is 23.2 Å². The second-order valence-corrected chi connectivity index (χ2v) is 8.67. The molecule has 1 fully saturated rings. The Morgan fingerprint density at radius 2 is 2.04 bits per heavy atom. The molecule has 0 aliphatic carbocycles. The molecule has 1 aromatic rings. The molecule has 0 bridgehead atoms. The largest absolute Gasteiger partial charge is 0.343 e. The van der Waals surface area contributed by atoms with Crippen LogP contribution in [-0.4, -0.2) is 57.1 Å². The number of hydrogen-bond donors (Lipinski definition) is 2. The predicted molar refractivity (Wildman–Crippen MR) is 99.1 cm³/mol. The molecule has 9 heteroatoms. The van der Waals surface area contributed by atoms with Gasteiger partial charge in [0.05, 0.1) is 18.4 Å². The molecule has 0 aromatic heterocycles. The summed E-state index contributed by atoms with van der Waals surface area (Å²) in [7, 11) is -3.30. The SMILES string of the molecule is CS(=O)(=O)NC1CCCN(C(=O)CNC(=O)c2ccccc2I)C1. The summed E-state index contributed by atoms with van der Waals surface area (Å²) < 4.78 is 26.0. The summed E-state index contributed by atoms with van der Waals surface area (Å²) in [5, 5.41) is 2.63. The molecule has 2 amide bonds. The average molecular weight is 465 g/mol. The molecule has 0 spiro atoms. The first-order valence-electron chi connectivity index (χ1n) is 7.54. The Bertz CT molecular complexity index is 723. The zero-order valence-electron chi connectivity index (χ0n) is 13.3. The average Bonchev–Trinajstić information content (AvgIpc) is 2.51. The standard InChI is InChI=1S/C15H20IN3O4S/c1-24(22,23)18-11-5-4-8-19(10-11)14(20)9-17-15(21)12-6-2-3-7-13(12)16/h2-3,6-7,11,18H,4-5,8-10H2,1H3,(H,17,21). The van der Waals surface area contributed by atoms with Gasteiger partial charge in [-0.2, -0.15) is 0 Å². The van der Waals surface area contributed by atoms with Crippen molar-refractivity contribution in [3.63, 3.8) is 0 Å². The van der Waals surface area contributed by atoms with Gasteiger partial charge in [0, 0.05) is 22.7 Å². The lowest BCUT2D eigenvalue weighted by molar-refractivity contribution is -0.131. The molecule has 132 valence electrons. The Hall–Kier alpha value is -1.20. The van der Waals surface area contributed by atoms with E-state index in [1.165, 1.54) is 0 Å². The van der Waals surface area contributed by atoms with Crippen molar-refractivity contribution >= 4 is 44.4 Å². The molecule has 1 aromatic carbocycles. The lowest BCUT2D eigenvalue weighted by atomic mass is 10.1. The summed E-state index contributed by atoms with van der Waals surface area (Å²) in [4.78, 5) is 26.0. The van der Waals surface area contributed by atoms with E-state index in [-0.39, 0.29) is 24.4 Å². The molecule has 0 radical (unpaired) electrons. The van der Waals surface area contributed by atoms with Gasteiger partial charge in [-0.25, -0.2) is 13.1 Å². The molecule has 1 saturated heterocycles. The van der Waals surface area contributed by atoms with Crippen LogP contribution in [0.3, 0.4) is 0 Å². The minimum atomic E-state index is -3.30. The maximum Gasteiger partial charge on any atom is 0.252 e. The highest BCUT2D eigenvalue weighted by Crippen LogP contribution is 2.12. The van der Waals surface area contributed by atoms with Crippen LogP contribution in [0.25, 0.3) is 0 Å². The van der Waals surface area contributed by atoms with Gasteiger partial charge in [0.15, 0.2) is 0 Å². The van der Waals surface area contributed by atoms with Crippen molar-refractivity contribution in [2.24, 2.45) is 0 Å². The third-order valence-corrected chi connectivity index (χ3v) is 5.38. The number of halogens is 1. The van der Waals surface area contributed by atoms with Crippen molar-refractivity contribution in [1.29, 1.82) is 0 Å². The van der Waals surface area contributed by atoms with Crippen LogP contribution in [0.4, 0.5) is 0 Å². The maximum atomic E-state index is 12.3. The maximum absolute atomic E-state index is 12.3. The highest BCUT2D eigenvalue weighted by molar-refractivity contribution is 14.1. The lowest BCUT2D eigenvalue weighted by Crippen LogP contribution is -2.51. The van der Waals surface area contributed by atoms with Crippen molar-refractivity contribution in [2.75, 3.05) is 25.9 Å². The summed E-state index contributed by atoms with van der Waals surface area (Å²) in [5.41, 5.74) is 0.529. The third-order valence-electron chi connectivity index (χ3n) is 3.67. The van der Waals surface area contributed by atoms with Gasteiger partial charge in [-0.3, -0.25) is 9.59 Å². The Balaban J connectivity index is 1.88. The molecule has 1 aliphatic heterocycles. The molecule has 2 N–H and O–H groups in total. The fraction of sp³-hybridized carbons (Fsp3) is 0.467. The molecule has 0 saturated carbocycles. The van der Waals surface area contributed by atoms with Gasteiger partial charge in [-0.05, 0) is 47.6 Å². The first-order valence-corrected chi connectivity index (χ1v) is 10.5. The molecule has 2 rings (SSSR count). The van der Waals surface area contributed by atoms with Crippen molar-refractivity contribution in [3.8, 4) is 0 Å². The van der Waals surface area contributed by atoms with E-state index in [1.807, 2.05) is 12.1 Å². The van der Waals surface area contributed by atoms with E-state index in [4.69, 9.17) is 0 Å². The van der Waals surface area contributed by atoms with E-state index in [1.54, 1.807) is 17.0 Å². The number of amides is 2. The quantitative estimate of drug-likeness (QED) is 0.622. The van der Waals surface area contributed by atoms with Crippen molar-refractivity contribution in [3.05, 3.63) is 33.4 Å². The highest BCUT2D eigenvalue weighted by atomic mass is 127. The number of nitrogens with one attached hydrogen (secondary N) is 2. The Morgan fingerprint density at radius 1 is 1.33 bits per heavy atom. The number of likely N-dealkylation sites (tertiary alicyclic amines) is 1. The van der Waals surface area contributed by atoms with Crippen molar-refractivity contribution in [2.45, 2.75) is 18.9 Å². The van der Waals surface area contributed by atoms with E-state index < -0.39 is 10.0 Å². The fourth-order valence-corrected chi connectivity index (χ4v) is 4.04. The Kier molecular flexibility index (Phi) is 6.58. The summed E-state index contributed by atoms with van der Waals surface area (Å²) in [5.74, 6) is -0.509. The lowest BCUT2D eigenvalue weighted by Gasteiger charge is -2.32. The third kappa shape index (κ3) is 5.71. The van der Waals surface area contributed by atoms with Gasteiger partial charge in [0.1, 0.15) is 0 Å². The van der Waals surface area contributed by atoms with Crippen molar-refractivity contribution < 1.29 is 18.0 Å². The zero-order valence-corrected chi connectivity index (χ0v) is 16.3. The number of carbonyl (C=O) groups is 2. The van der Waals surface area contributed by atoms with E-state index in [0.29, 0.717) is 25.1 Å². The van der Waals surface area contributed by atoms with Gasteiger partial charge in [-0.1, -0.05) is 12.1 Å². The smallest absolute Gasteiger partial charge is 0.252 e. The minimum absolute atomic E-state index is 0.102. The molecule has 1 heterocycles. The van der Waals surface area contributed by atoms with Crippen LogP contribution in [0.2, 0.25) is 0 Å². The molecule has 24 heavy (non-hydrogen) atoms. The van der Waals surface area contributed by atoms with Gasteiger partial charge >= 0.3 is 0 Å². The first kappa shape index (κ1) is 19.1. The number of hydrogen-bond acceptors (Lipinski definition) is 4. The Morgan fingerprint density at radius 3 is 2.71 bits per heavy atom. The molecule has 1 atom stereocenters. The zero-order chi connectivity index (χ0) is 17.7. The topological polar surface area (TPSA) is 95.6 Å². The van der Waals surface area contributed by atoms with Crippen LogP contribution < -0.4 is 10.0 Å². The Labute approximate surface area is 155 Å². The van der Waals surface area contributed by atoms with Gasteiger partial charge < -0.3 is 10.2 Å². The van der Waals surface area contributed by atoms with Crippen LogP contribution in [-0.2, 0) is 14.8 Å². The number of sulfonamides is 1. The van der Waals surface area contributed by atoms with Crippen LogP contribution >= 0.6 is 22.6 Å². The number of carbonyl (C=O) groups excluding carboxylic acids is 2. The molecular formula is C15H20IN3O4S. The summed E-state index contributed by atoms with van der Waals surface area (Å²) in [6.07, 6.45) is 2.53. The van der Waals surface area contributed by atoms with Crippen LogP contribution in [0.5, 0.6) is 0 Å². The monoisotopic (exact) mass is 465 g/mol. The summed E-state index contributed by atoms with van der Waals surface area (Å²) >= 11 is 2.07. The van der Waals surface area contributed by atoms with Gasteiger partial charge in [-0.15, -0.1) is 0 Å². The second kappa shape index (κ2) is 8.26. The van der Waals surface area contributed by atoms with Crippen LogP contribution in [0.15, 0.2) is 24.3 Å².